The largest absolute Gasteiger partial charge is 0.490 e. The number of phosphoric acid groups is 4. The number of ether oxygens (including phenoxy) is 4. The van der Waals surface area contributed by atoms with Gasteiger partial charge in [0.25, 0.3) is 11.1 Å². The maximum absolute atomic E-state index is 12.7. The predicted octanol–water partition coefficient (Wildman–Crippen LogP) is -1.17. The van der Waals surface area contributed by atoms with E-state index in [2.05, 4.69) is 17.5 Å². The Labute approximate surface area is 322 Å². The van der Waals surface area contributed by atoms with E-state index in [9.17, 15) is 67.2 Å². The van der Waals surface area contributed by atoms with Crippen molar-refractivity contribution in [3.05, 3.63) is 102 Å². The van der Waals surface area contributed by atoms with E-state index < -0.39 is 122 Å². The molecule has 320 valence electrons. The van der Waals surface area contributed by atoms with Gasteiger partial charge in [0.1, 0.15) is 36.6 Å². The van der Waals surface area contributed by atoms with E-state index in [1.54, 1.807) is 0 Å². The highest BCUT2D eigenvalue weighted by Crippen LogP contribution is 2.71. The number of aryl methyl sites for hydroxylation is 1. The average molecular weight is 906 g/mol. The molecule has 13 atom stereocenters. The molecule has 0 bridgehead atoms. The van der Waals surface area contributed by atoms with Gasteiger partial charge >= 0.3 is 42.7 Å². The Kier molecular flexibility index (Phi) is 13.4. The Balaban J connectivity index is 1.04. The number of nitrogens with one attached hydrogen (secondary N) is 2. The first-order valence-corrected chi connectivity index (χ1v) is 22.5. The number of aliphatic hydroxyl groups is 2. The Morgan fingerprint density at radius 3 is 1.64 bits per heavy atom. The van der Waals surface area contributed by atoms with Crippen molar-refractivity contribution in [1.82, 2.24) is 19.1 Å². The van der Waals surface area contributed by atoms with Crippen LogP contribution in [0.2, 0.25) is 0 Å². The van der Waals surface area contributed by atoms with E-state index >= 15 is 0 Å². The summed E-state index contributed by atoms with van der Waals surface area (Å²) in [5.41, 5.74) is -2.56. The van der Waals surface area contributed by atoms with Gasteiger partial charge in [-0.05, 0) is 12.0 Å². The Hall–Kier alpha value is -3.10. The molecule has 3 aliphatic rings. The van der Waals surface area contributed by atoms with E-state index in [0.29, 0.717) is 17.4 Å². The molecule has 0 aliphatic carbocycles. The second-order valence-corrected chi connectivity index (χ2v) is 18.7. The van der Waals surface area contributed by atoms with Crippen molar-refractivity contribution in [2.24, 2.45) is 0 Å². The van der Waals surface area contributed by atoms with E-state index in [1.165, 1.54) is 0 Å². The van der Waals surface area contributed by atoms with Gasteiger partial charge in [-0.3, -0.25) is 37.7 Å². The van der Waals surface area contributed by atoms with Gasteiger partial charge in [0.2, 0.25) is 0 Å². The molecule has 3 saturated heterocycles. The molecule has 5 unspecified atom stereocenters. The lowest BCUT2D eigenvalue weighted by molar-refractivity contribution is -0.153. The lowest BCUT2D eigenvalue weighted by Crippen LogP contribution is -2.37. The van der Waals surface area contributed by atoms with Gasteiger partial charge in [-0.25, -0.2) is 27.8 Å². The molecule has 3 fully saturated rings. The summed E-state index contributed by atoms with van der Waals surface area (Å²) in [4.78, 5) is 91.6. The van der Waals surface area contributed by atoms with Crippen molar-refractivity contribution in [3.8, 4) is 0 Å². The average Bonchev–Trinajstić information content (AvgIpc) is 3.76. The number of hydrogen-bond donors (Lipinski definition) is 8. The minimum Gasteiger partial charge on any atom is -0.387 e. The van der Waals surface area contributed by atoms with Crippen molar-refractivity contribution in [3.63, 3.8) is 0 Å². The number of rotatable bonds is 17. The lowest BCUT2D eigenvalue weighted by atomic mass is 10.1. The van der Waals surface area contributed by atoms with Crippen molar-refractivity contribution in [2.45, 2.75) is 68.2 Å². The number of benzene rings is 1. The predicted molar refractivity (Wildman–Crippen MR) is 185 cm³/mol. The molecular weight excluding hydrogens is 872 g/mol. The molecular formula is C27H34N4O23P4. The summed E-state index contributed by atoms with van der Waals surface area (Å²) in [6.07, 6.45) is -10.1. The molecule has 0 saturated carbocycles. The van der Waals surface area contributed by atoms with Gasteiger partial charge < -0.3 is 48.7 Å². The topological polar surface area (TPSA) is 382 Å². The Morgan fingerprint density at radius 2 is 1.09 bits per heavy atom. The SMILES string of the molecule is O=c1ccn([C@@H]2O[C@H](COP(=O)(O)OP(=O)(O)OP(=O)(O)OP(=O)(O)OC[C@H]3O[C@@H](n4ccc(=O)[nH]c4=O)[C@@H]4OC(CCc5ccccc5)O[C@@H]43)[C@@H](O)[C@H]2O)c(=O)[nH]1. The van der Waals surface area contributed by atoms with Crippen molar-refractivity contribution in [1.29, 1.82) is 0 Å². The fraction of sp³-hybridized carbons (Fsp3) is 0.481. The first-order chi connectivity index (χ1) is 27.1. The van der Waals surface area contributed by atoms with E-state index in [-0.39, 0.29) is 0 Å². The minimum absolute atomic E-state index is 0.306. The molecule has 3 aromatic rings. The third-order valence-electron chi connectivity index (χ3n) is 8.43. The van der Waals surface area contributed by atoms with Crippen LogP contribution in [0.15, 0.2) is 74.0 Å². The number of H-pyrrole nitrogens is 2. The second-order valence-electron chi connectivity index (χ2n) is 12.5. The van der Waals surface area contributed by atoms with Crippen molar-refractivity contribution in [2.75, 3.05) is 13.2 Å². The van der Waals surface area contributed by atoms with Crippen LogP contribution >= 0.6 is 31.3 Å². The van der Waals surface area contributed by atoms with Crippen LogP contribution < -0.4 is 22.5 Å². The standard InChI is InChI=1S/C27H34N4O23P4/c32-17-8-10-30(26(36)28-17)24-21(35)20(34)15(48-24)12-46-55(38,39)52-57(42,43)54-58(44,45)53-56(40,41)47-13-16-22-23(25(49-16)31-11-9-18(33)29-27(31)37)51-19(50-22)7-6-14-4-2-1-3-5-14/h1-5,8-11,15-16,19-25,34-35H,6-7,12-13H2,(H,38,39)(H,40,41)(H,42,43)(H,44,45)(H,28,32,36)(H,29,33,37)/t15-,16-,19?,20-,21-,22-,23-,24-,25-/m1/s1. The van der Waals surface area contributed by atoms with Crippen molar-refractivity contribution >= 4 is 31.3 Å². The summed E-state index contributed by atoms with van der Waals surface area (Å²) in [6.45, 7) is -2.17. The lowest BCUT2D eigenvalue weighted by Gasteiger charge is -2.23. The molecule has 0 spiro atoms. The molecule has 3 aliphatic heterocycles. The highest BCUT2D eigenvalue weighted by atomic mass is 31.3. The van der Waals surface area contributed by atoms with Gasteiger partial charge in [-0.2, -0.15) is 12.9 Å². The molecule has 27 nitrogen and oxygen atoms in total. The van der Waals surface area contributed by atoms with Crippen LogP contribution in [0.4, 0.5) is 0 Å². The van der Waals surface area contributed by atoms with Gasteiger partial charge in [-0.15, -0.1) is 0 Å². The van der Waals surface area contributed by atoms with Crippen molar-refractivity contribution < 1.29 is 89.0 Å². The molecule has 31 heteroatoms. The highest BCUT2D eigenvalue weighted by Gasteiger charge is 2.55. The number of aromatic nitrogens is 4. The molecule has 6 rings (SSSR count). The van der Waals surface area contributed by atoms with E-state index in [4.69, 9.17) is 23.5 Å². The highest BCUT2D eigenvalue weighted by molar-refractivity contribution is 7.69. The maximum atomic E-state index is 12.7. The number of phosphoric ester groups is 2. The number of hydrogen-bond acceptors (Lipinski definition) is 19. The first-order valence-electron chi connectivity index (χ1n) is 16.5. The van der Waals surface area contributed by atoms with Crippen LogP contribution in [0, 0.1) is 0 Å². The van der Waals surface area contributed by atoms with E-state index in [1.807, 2.05) is 40.3 Å². The first kappa shape index (κ1) is 44.5. The molecule has 1 aromatic carbocycles. The summed E-state index contributed by atoms with van der Waals surface area (Å²) in [7, 11) is -24.1. The zero-order valence-corrected chi connectivity index (χ0v) is 32.6. The third-order valence-corrected chi connectivity index (χ3v) is 14.3. The van der Waals surface area contributed by atoms with Gasteiger partial charge in [0.05, 0.1) is 13.2 Å². The zero-order chi connectivity index (χ0) is 42.2. The summed E-state index contributed by atoms with van der Waals surface area (Å²) in [5, 5.41) is 20.5. The second kappa shape index (κ2) is 17.5. The van der Waals surface area contributed by atoms with Crippen LogP contribution in [0.1, 0.15) is 24.4 Å². The summed E-state index contributed by atoms with van der Waals surface area (Å²) in [6, 6.07) is 11.1. The summed E-state index contributed by atoms with van der Waals surface area (Å²) < 4.78 is 95.7. The normalized spacial score (nSPS) is 31.2. The number of nitrogens with zero attached hydrogens (tertiary/aromatic N) is 2. The molecule has 2 aromatic heterocycles. The van der Waals surface area contributed by atoms with Gasteiger partial charge in [-0.1, -0.05) is 30.3 Å². The van der Waals surface area contributed by atoms with Crippen LogP contribution in [0.25, 0.3) is 0 Å². The summed E-state index contributed by atoms with van der Waals surface area (Å²) >= 11 is 0. The quantitative estimate of drug-likeness (QED) is 0.0740. The molecule has 8 N–H and O–H groups in total. The van der Waals surface area contributed by atoms with Gasteiger partial charge in [0.15, 0.2) is 18.7 Å². The van der Waals surface area contributed by atoms with Crippen LogP contribution in [-0.2, 0) is 65.6 Å². The summed E-state index contributed by atoms with van der Waals surface area (Å²) in [5.74, 6) is 0. The fourth-order valence-corrected chi connectivity index (χ4v) is 10.9. The van der Waals surface area contributed by atoms with Gasteiger partial charge in [0, 0.05) is 30.9 Å². The Morgan fingerprint density at radius 1 is 0.603 bits per heavy atom. The third kappa shape index (κ3) is 11.0. The maximum Gasteiger partial charge on any atom is 0.490 e. The number of fused-ring (bicyclic) bond motifs is 1. The molecule has 0 amide bonds. The smallest absolute Gasteiger partial charge is 0.387 e. The monoisotopic (exact) mass is 906 g/mol. The number of aromatic amines is 2. The van der Waals surface area contributed by atoms with Crippen LogP contribution in [0.5, 0.6) is 0 Å². The molecule has 5 heterocycles. The van der Waals surface area contributed by atoms with Crippen LogP contribution in [-0.4, -0.2) is 105 Å². The minimum atomic E-state index is -6.24. The fourth-order valence-electron chi connectivity index (χ4n) is 5.98. The zero-order valence-electron chi connectivity index (χ0n) is 29.0. The molecule has 58 heavy (non-hydrogen) atoms. The van der Waals surface area contributed by atoms with Crippen LogP contribution in [0.3, 0.4) is 0 Å². The number of aliphatic hydroxyl groups excluding tert-OH is 2. The van der Waals surface area contributed by atoms with E-state index in [0.717, 1.165) is 34.7 Å². The molecule has 0 radical (unpaired) electrons. The Bertz CT molecular complexity index is 2390.